The molecule has 0 heterocycles. The summed E-state index contributed by atoms with van der Waals surface area (Å²) >= 11 is 0. The summed E-state index contributed by atoms with van der Waals surface area (Å²) in [5.74, 6) is 0.0679. The lowest BCUT2D eigenvalue weighted by molar-refractivity contribution is -0.116. The molecule has 1 aromatic rings. The fourth-order valence-corrected chi connectivity index (χ4v) is 1.59. The van der Waals surface area contributed by atoms with Crippen molar-refractivity contribution in [3.8, 4) is 0 Å². The van der Waals surface area contributed by atoms with E-state index in [9.17, 15) is 4.79 Å². The standard InChI is InChI=1S/C13H20N2O/c1-4-14-9-8-12(16)15-13-10(2)6-5-7-11(13)3/h5-7,14H,4,8-9H2,1-3H3,(H,15,16). The summed E-state index contributed by atoms with van der Waals surface area (Å²) in [6.45, 7) is 7.67. The highest BCUT2D eigenvalue weighted by atomic mass is 16.1. The molecule has 1 amide bonds. The molecule has 1 rings (SSSR count). The van der Waals surface area contributed by atoms with Crippen LogP contribution in [0.1, 0.15) is 24.5 Å². The Morgan fingerprint density at radius 2 is 1.88 bits per heavy atom. The molecule has 0 saturated carbocycles. The lowest BCUT2D eigenvalue weighted by atomic mass is 10.1. The normalized spacial score (nSPS) is 10.2. The molecule has 3 heteroatoms. The second-order valence-electron chi connectivity index (χ2n) is 3.92. The molecule has 0 fully saturated rings. The number of hydrogen-bond donors (Lipinski definition) is 2. The Morgan fingerprint density at radius 1 is 1.25 bits per heavy atom. The smallest absolute Gasteiger partial charge is 0.225 e. The number of amides is 1. The van der Waals surface area contributed by atoms with E-state index in [1.54, 1.807) is 0 Å². The van der Waals surface area contributed by atoms with Crippen molar-refractivity contribution in [2.24, 2.45) is 0 Å². The molecule has 0 aromatic heterocycles. The van der Waals surface area contributed by atoms with Gasteiger partial charge in [0.15, 0.2) is 0 Å². The minimum absolute atomic E-state index is 0.0679. The predicted molar refractivity (Wildman–Crippen MR) is 67.7 cm³/mol. The molecular formula is C13H20N2O. The number of carbonyl (C=O) groups excluding carboxylic acids is 1. The summed E-state index contributed by atoms with van der Waals surface area (Å²) in [7, 11) is 0. The minimum atomic E-state index is 0.0679. The van der Waals surface area contributed by atoms with Crippen LogP contribution in [0.25, 0.3) is 0 Å². The van der Waals surface area contributed by atoms with Gasteiger partial charge in [-0.1, -0.05) is 25.1 Å². The quantitative estimate of drug-likeness (QED) is 0.747. The zero-order valence-electron chi connectivity index (χ0n) is 10.3. The van der Waals surface area contributed by atoms with Crippen LogP contribution in [0.5, 0.6) is 0 Å². The summed E-state index contributed by atoms with van der Waals surface area (Å²) in [4.78, 5) is 11.6. The fraction of sp³-hybridized carbons (Fsp3) is 0.462. The number of para-hydroxylation sites is 1. The van der Waals surface area contributed by atoms with E-state index in [2.05, 4.69) is 10.6 Å². The van der Waals surface area contributed by atoms with Gasteiger partial charge in [0.25, 0.3) is 0 Å². The lowest BCUT2D eigenvalue weighted by Gasteiger charge is -2.11. The number of nitrogens with one attached hydrogen (secondary N) is 2. The van der Waals surface area contributed by atoms with E-state index in [1.165, 1.54) is 0 Å². The molecule has 0 radical (unpaired) electrons. The summed E-state index contributed by atoms with van der Waals surface area (Å²) in [5.41, 5.74) is 3.16. The van der Waals surface area contributed by atoms with Crippen LogP contribution in [0.4, 0.5) is 5.69 Å². The summed E-state index contributed by atoms with van der Waals surface area (Å²) in [6.07, 6.45) is 0.515. The summed E-state index contributed by atoms with van der Waals surface area (Å²) in [6, 6.07) is 6.01. The third-order valence-electron chi connectivity index (χ3n) is 2.52. The molecule has 88 valence electrons. The first-order chi connectivity index (χ1) is 7.65. The van der Waals surface area contributed by atoms with Gasteiger partial charge in [-0.2, -0.15) is 0 Å². The van der Waals surface area contributed by atoms with Gasteiger partial charge in [-0.15, -0.1) is 0 Å². The van der Waals surface area contributed by atoms with Gasteiger partial charge in [0.05, 0.1) is 0 Å². The van der Waals surface area contributed by atoms with Gasteiger partial charge in [0, 0.05) is 18.7 Å². The molecule has 0 aliphatic rings. The molecule has 0 aliphatic heterocycles. The number of carbonyl (C=O) groups is 1. The third-order valence-corrected chi connectivity index (χ3v) is 2.52. The Balaban J connectivity index is 2.56. The van der Waals surface area contributed by atoms with Gasteiger partial charge in [-0.25, -0.2) is 0 Å². The topological polar surface area (TPSA) is 41.1 Å². The number of benzene rings is 1. The second-order valence-corrected chi connectivity index (χ2v) is 3.92. The van der Waals surface area contributed by atoms with Crippen molar-refractivity contribution in [3.63, 3.8) is 0 Å². The van der Waals surface area contributed by atoms with Crippen molar-refractivity contribution in [1.82, 2.24) is 5.32 Å². The second kappa shape index (κ2) is 6.28. The average Bonchev–Trinajstić information content (AvgIpc) is 2.24. The largest absolute Gasteiger partial charge is 0.326 e. The number of aryl methyl sites for hydroxylation is 2. The molecule has 0 bridgehead atoms. The highest BCUT2D eigenvalue weighted by molar-refractivity contribution is 5.92. The van der Waals surface area contributed by atoms with Crippen LogP contribution in [0.15, 0.2) is 18.2 Å². The minimum Gasteiger partial charge on any atom is -0.326 e. The highest BCUT2D eigenvalue weighted by Crippen LogP contribution is 2.19. The molecule has 0 unspecified atom stereocenters. The van der Waals surface area contributed by atoms with Crippen LogP contribution >= 0.6 is 0 Å². The maximum atomic E-state index is 11.6. The van der Waals surface area contributed by atoms with E-state index < -0.39 is 0 Å². The van der Waals surface area contributed by atoms with Crippen LogP contribution < -0.4 is 10.6 Å². The monoisotopic (exact) mass is 220 g/mol. The Kier molecular flexibility index (Phi) is 4.99. The molecule has 0 atom stereocenters. The van der Waals surface area contributed by atoms with Crippen LogP contribution in [-0.2, 0) is 4.79 Å². The van der Waals surface area contributed by atoms with Crippen molar-refractivity contribution >= 4 is 11.6 Å². The predicted octanol–water partition coefficient (Wildman–Crippen LogP) is 2.24. The fourth-order valence-electron chi connectivity index (χ4n) is 1.59. The number of rotatable bonds is 5. The van der Waals surface area contributed by atoms with Crippen LogP contribution in [-0.4, -0.2) is 19.0 Å². The van der Waals surface area contributed by atoms with Crippen molar-refractivity contribution in [3.05, 3.63) is 29.3 Å². The van der Waals surface area contributed by atoms with Gasteiger partial charge in [0.2, 0.25) is 5.91 Å². The van der Waals surface area contributed by atoms with Crippen LogP contribution in [0.3, 0.4) is 0 Å². The molecule has 1 aromatic carbocycles. The van der Waals surface area contributed by atoms with Gasteiger partial charge in [-0.3, -0.25) is 4.79 Å². The first-order valence-corrected chi connectivity index (χ1v) is 5.72. The first-order valence-electron chi connectivity index (χ1n) is 5.72. The Labute approximate surface area is 97.2 Å². The molecule has 16 heavy (non-hydrogen) atoms. The van der Waals surface area contributed by atoms with Gasteiger partial charge < -0.3 is 10.6 Å². The Morgan fingerprint density at radius 3 is 2.44 bits per heavy atom. The van der Waals surface area contributed by atoms with Crippen LogP contribution in [0.2, 0.25) is 0 Å². The van der Waals surface area contributed by atoms with E-state index in [1.807, 2.05) is 39.0 Å². The van der Waals surface area contributed by atoms with Gasteiger partial charge >= 0.3 is 0 Å². The molecule has 0 spiro atoms. The van der Waals surface area contributed by atoms with Gasteiger partial charge in [-0.05, 0) is 31.5 Å². The maximum absolute atomic E-state index is 11.6. The Hall–Kier alpha value is -1.35. The van der Waals surface area contributed by atoms with Crippen molar-refractivity contribution in [1.29, 1.82) is 0 Å². The van der Waals surface area contributed by atoms with Crippen molar-refractivity contribution < 1.29 is 4.79 Å². The molecule has 2 N–H and O–H groups in total. The van der Waals surface area contributed by atoms with E-state index in [0.29, 0.717) is 6.42 Å². The lowest BCUT2D eigenvalue weighted by Crippen LogP contribution is -2.22. The van der Waals surface area contributed by atoms with E-state index in [0.717, 1.165) is 29.9 Å². The number of anilines is 1. The average molecular weight is 220 g/mol. The molecular weight excluding hydrogens is 200 g/mol. The SMILES string of the molecule is CCNCCC(=O)Nc1c(C)cccc1C. The van der Waals surface area contributed by atoms with Crippen LogP contribution in [0, 0.1) is 13.8 Å². The van der Waals surface area contributed by atoms with Gasteiger partial charge in [0.1, 0.15) is 0 Å². The molecule has 3 nitrogen and oxygen atoms in total. The van der Waals surface area contributed by atoms with E-state index in [-0.39, 0.29) is 5.91 Å². The zero-order chi connectivity index (χ0) is 12.0. The first kappa shape index (κ1) is 12.7. The Bertz CT molecular complexity index is 341. The highest BCUT2D eigenvalue weighted by Gasteiger charge is 2.06. The molecule has 0 aliphatic carbocycles. The summed E-state index contributed by atoms with van der Waals surface area (Å²) in [5, 5.41) is 6.09. The summed E-state index contributed by atoms with van der Waals surface area (Å²) < 4.78 is 0. The van der Waals surface area contributed by atoms with Crippen molar-refractivity contribution in [2.75, 3.05) is 18.4 Å². The molecule has 0 saturated heterocycles. The van der Waals surface area contributed by atoms with E-state index >= 15 is 0 Å². The zero-order valence-corrected chi connectivity index (χ0v) is 10.3. The number of hydrogen-bond acceptors (Lipinski definition) is 2. The van der Waals surface area contributed by atoms with E-state index in [4.69, 9.17) is 0 Å². The van der Waals surface area contributed by atoms with Crippen molar-refractivity contribution in [2.45, 2.75) is 27.2 Å². The maximum Gasteiger partial charge on any atom is 0.225 e. The third kappa shape index (κ3) is 3.66.